The van der Waals surface area contributed by atoms with E-state index in [-0.39, 0.29) is 22.4 Å². The van der Waals surface area contributed by atoms with Gasteiger partial charge in [-0.25, -0.2) is 0 Å². The van der Waals surface area contributed by atoms with E-state index in [0.717, 1.165) is 0 Å². The molecule has 0 unspecified atom stereocenters. The van der Waals surface area contributed by atoms with Crippen LogP contribution in [-0.2, 0) is 0 Å². The number of thioether (sulfide) groups is 1. The fraction of sp³-hybridized carbons (Fsp3) is 0.333. The maximum atomic E-state index is 12.0. The highest BCUT2D eigenvalue weighted by Gasteiger charge is 2.29. The molecule has 1 N–H and O–H groups in total. The van der Waals surface area contributed by atoms with Gasteiger partial charge >= 0.3 is 5.51 Å². The number of phenols is 1. The van der Waals surface area contributed by atoms with Crippen LogP contribution >= 0.6 is 11.8 Å². The van der Waals surface area contributed by atoms with Crippen LogP contribution in [0.15, 0.2) is 17.0 Å². The highest BCUT2D eigenvalue weighted by atomic mass is 32.2. The number of alkyl halides is 3. The van der Waals surface area contributed by atoms with Gasteiger partial charge in [-0.2, -0.15) is 13.2 Å². The van der Waals surface area contributed by atoms with Crippen LogP contribution in [0.3, 0.4) is 0 Å². The van der Waals surface area contributed by atoms with E-state index >= 15 is 0 Å². The Labute approximate surface area is 83.9 Å². The first-order valence-electron chi connectivity index (χ1n) is 3.85. The monoisotopic (exact) mass is 222 g/mol. The quantitative estimate of drug-likeness (QED) is 0.732. The third-order valence-corrected chi connectivity index (χ3v) is 2.40. The van der Waals surface area contributed by atoms with Crippen LogP contribution in [0.4, 0.5) is 13.2 Å². The third kappa shape index (κ3) is 2.83. The summed E-state index contributed by atoms with van der Waals surface area (Å²) in [6, 6.07) is 2.64. The highest BCUT2D eigenvalue weighted by Crippen LogP contribution is 2.39. The van der Waals surface area contributed by atoms with E-state index in [1.54, 1.807) is 13.8 Å². The molecule has 1 nitrogen and oxygen atoms in total. The van der Waals surface area contributed by atoms with Gasteiger partial charge in [-0.3, -0.25) is 0 Å². The summed E-state index contributed by atoms with van der Waals surface area (Å²) in [7, 11) is 0. The zero-order valence-corrected chi connectivity index (χ0v) is 8.46. The molecule has 5 heteroatoms. The summed E-state index contributed by atoms with van der Waals surface area (Å²) >= 11 is -0.173. The van der Waals surface area contributed by atoms with E-state index in [1.807, 2.05) is 0 Å². The number of phenolic OH excluding ortho intramolecular Hbond substituents is 1. The van der Waals surface area contributed by atoms with Gasteiger partial charge in [0.15, 0.2) is 0 Å². The van der Waals surface area contributed by atoms with Gasteiger partial charge in [0.1, 0.15) is 5.75 Å². The van der Waals surface area contributed by atoms with Gasteiger partial charge < -0.3 is 5.11 Å². The van der Waals surface area contributed by atoms with Crippen LogP contribution in [0, 0.1) is 13.8 Å². The SMILES string of the molecule is Cc1cc(SC(F)(F)F)cc(C)c1O. The van der Waals surface area contributed by atoms with Gasteiger partial charge in [-0.15, -0.1) is 0 Å². The average molecular weight is 222 g/mol. The highest BCUT2D eigenvalue weighted by molar-refractivity contribution is 8.00. The van der Waals surface area contributed by atoms with Crippen molar-refractivity contribution in [1.29, 1.82) is 0 Å². The lowest BCUT2D eigenvalue weighted by molar-refractivity contribution is -0.0328. The summed E-state index contributed by atoms with van der Waals surface area (Å²) in [5, 5.41) is 9.34. The number of halogens is 3. The van der Waals surface area contributed by atoms with Crippen molar-refractivity contribution >= 4 is 11.8 Å². The topological polar surface area (TPSA) is 20.2 Å². The fourth-order valence-corrected chi connectivity index (χ4v) is 1.85. The maximum Gasteiger partial charge on any atom is 0.446 e. The predicted octanol–water partition coefficient (Wildman–Crippen LogP) is 3.62. The minimum atomic E-state index is -4.28. The molecule has 0 atom stereocenters. The number of aromatic hydroxyl groups is 1. The minimum Gasteiger partial charge on any atom is -0.507 e. The van der Waals surface area contributed by atoms with Gasteiger partial charge in [0.25, 0.3) is 0 Å². The van der Waals surface area contributed by atoms with Crippen molar-refractivity contribution in [3.8, 4) is 5.75 Å². The molecule has 0 fully saturated rings. The van der Waals surface area contributed by atoms with Crippen molar-refractivity contribution in [3.05, 3.63) is 23.3 Å². The lowest BCUT2D eigenvalue weighted by atomic mass is 10.1. The van der Waals surface area contributed by atoms with Crippen LogP contribution in [0.2, 0.25) is 0 Å². The molecule has 0 saturated heterocycles. The molecule has 78 valence electrons. The van der Waals surface area contributed by atoms with E-state index in [4.69, 9.17) is 0 Å². The van der Waals surface area contributed by atoms with Crippen molar-refractivity contribution < 1.29 is 18.3 Å². The molecule has 0 bridgehead atoms. The second kappa shape index (κ2) is 3.73. The fourth-order valence-electron chi connectivity index (χ4n) is 1.11. The predicted molar refractivity (Wildman–Crippen MR) is 49.5 cm³/mol. The summed E-state index contributed by atoms with van der Waals surface area (Å²) in [6.45, 7) is 3.14. The van der Waals surface area contributed by atoms with Crippen molar-refractivity contribution in [2.75, 3.05) is 0 Å². The molecule has 0 aromatic heterocycles. The van der Waals surface area contributed by atoms with E-state index in [2.05, 4.69) is 0 Å². The van der Waals surface area contributed by atoms with Gasteiger partial charge in [-0.1, -0.05) is 0 Å². The summed E-state index contributed by atoms with van der Waals surface area (Å²) in [6.07, 6.45) is 0. The maximum absolute atomic E-state index is 12.0. The van der Waals surface area contributed by atoms with Crippen molar-refractivity contribution in [2.24, 2.45) is 0 Å². The first-order chi connectivity index (χ1) is 6.29. The third-order valence-electron chi connectivity index (χ3n) is 1.70. The van der Waals surface area contributed by atoms with Crippen molar-refractivity contribution in [2.45, 2.75) is 24.3 Å². The molecule has 0 aliphatic rings. The first kappa shape index (κ1) is 11.2. The molecule has 0 amide bonds. The molecule has 1 aromatic carbocycles. The van der Waals surface area contributed by atoms with Crippen LogP contribution < -0.4 is 0 Å². The Morgan fingerprint density at radius 1 is 1.14 bits per heavy atom. The number of aryl methyl sites for hydroxylation is 2. The lowest BCUT2D eigenvalue weighted by Gasteiger charge is -2.09. The molecule has 14 heavy (non-hydrogen) atoms. The summed E-state index contributed by atoms with van der Waals surface area (Å²) in [5.41, 5.74) is -3.37. The molecule has 0 heterocycles. The van der Waals surface area contributed by atoms with E-state index in [9.17, 15) is 18.3 Å². The summed E-state index contributed by atoms with van der Waals surface area (Å²) in [4.78, 5) is 0.102. The smallest absolute Gasteiger partial charge is 0.446 e. The van der Waals surface area contributed by atoms with E-state index in [1.165, 1.54) is 12.1 Å². The van der Waals surface area contributed by atoms with Gasteiger partial charge in [0, 0.05) is 4.90 Å². The Morgan fingerprint density at radius 3 is 1.93 bits per heavy atom. The van der Waals surface area contributed by atoms with Gasteiger partial charge in [0.05, 0.1) is 0 Å². The van der Waals surface area contributed by atoms with Crippen molar-refractivity contribution in [1.82, 2.24) is 0 Å². The first-order valence-corrected chi connectivity index (χ1v) is 4.67. The Kier molecular flexibility index (Phi) is 2.99. The zero-order chi connectivity index (χ0) is 10.9. The molecule has 0 saturated carbocycles. The minimum absolute atomic E-state index is 0.0523. The van der Waals surface area contributed by atoms with Gasteiger partial charge in [-0.05, 0) is 48.9 Å². The zero-order valence-electron chi connectivity index (χ0n) is 7.64. The standard InChI is InChI=1S/C9H9F3OS/c1-5-3-7(14-9(10,11)12)4-6(2)8(5)13/h3-4,13H,1-2H3. The second-order valence-electron chi connectivity index (χ2n) is 2.95. The molecular formula is C9H9F3OS. The number of hydrogen-bond acceptors (Lipinski definition) is 2. The molecular weight excluding hydrogens is 213 g/mol. The van der Waals surface area contributed by atoms with Crippen LogP contribution in [0.1, 0.15) is 11.1 Å². The Bertz CT molecular complexity index is 323. The molecule has 1 aromatic rings. The number of benzene rings is 1. The average Bonchev–Trinajstić information content (AvgIpc) is 1.96. The molecule has 0 spiro atoms. The Balaban J connectivity index is 3.02. The van der Waals surface area contributed by atoms with E-state index < -0.39 is 5.51 Å². The lowest BCUT2D eigenvalue weighted by Crippen LogP contribution is -1.99. The van der Waals surface area contributed by atoms with Crippen LogP contribution in [0.25, 0.3) is 0 Å². The van der Waals surface area contributed by atoms with Gasteiger partial charge in [0.2, 0.25) is 0 Å². The number of hydrogen-bond donors (Lipinski definition) is 1. The Hall–Kier alpha value is -0.840. The van der Waals surface area contributed by atoms with Crippen LogP contribution in [0.5, 0.6) is 5.75 Å². The Morgan fingerprint density at radius 2 is 1.57 bits per heavy atom. The van der Waals surface area contributed by atoms with E-state index in [0.29, 0.717) is 11.1 Å². The molecule has 1 rings (SSSR count). The molecule has 0 radical (unpaired) electrons. The summed E-state index contributed by atoms with van der Waals surface area (Å²) < 4.78 is 36.0. The second-order valence-corrected chi connectivity index (χ2v) is 4.09. The normalized spacial score (nSPS) is 11.8. The van der Waals surface area contributed by atoms with Crippen molar-refractivity contribution in [3.63, 3.8) is 0 Å². The summed E-state index contributed by atoms with van der Waals surface area (Å²) in [5.74, 6) is 0.0523. The molecule has 0 aliphatic carbocycles. The molecule has 0 aliphatic heterocycles. The van der Waals surface area contributed by atoms with Crippen LogP contribution in [-0.4, -0.2) is 10.6 Å². The largest absolute Gasteiger partial charge is 0.507 e. The number of rotatable bonds is 1.